The molecule has 2 rings (SSSR count). The monoisotopic (exact) mass is 242 g/mol. The molecule has 1 heterocycles. The average Bonchev–Trinajstić information content (AvgIpc) is 2.65. The van der Waals surface area contributed by atoms with Crippen molar-refractivity contribution in [1.29, 1.82) is 0 Å². The zero-order chi connectivity index (χ0) is 12.7. The zero-order valence-electron chi connectivity index (χ0n) is 11.6. The van der Waals surface area contributed by atoms with Crippen molar-refractivity contribution in [3.05, 3.63) is 0 Å². The van der Waals surface area contributed by atoms with Crippen LogP contribution in [0, 0.1) is 11.3 Å². The highest BCUT2D eigenvalue weighted by Crippen LogP contribution is 2.50. The molecule has 0 radical (unpaired) electrons. The Kier molecular flexibility index (Phi) is 3.30. The lowest BCUT2D eigenvalue weighted by molar-refractivity contribution is -0.268. The lowest BCUT2D eigenvalue weighted by Crippen LogP contribution is -2.58. The Morgan fingerprint density at radius 2 is 1.65 bits per heavy atom. The summed E-state index contributed by atoms with van der Waals surface area (Å²) in [6.45, 7) is 9.53. The molecule has 0 aromatic rings. The van der Waals surface area contributed by atoms with Crippen LogP contribution in [0.25, 0.3) is 0 Å². The van der Waals surface area contributed by atoms with Gasteiger partial charge in [0.2, 0.25) is 0 Å². The number of ether oxygens (including phenoxy) is 2. The van der Waals surface area contributed by atoms with Gasteiger partial charge < -0.3 is 14.6 Å². The van der Waals surface area contributed by atoms with Crippen molar-refractivity contribution >= 4 is 0 Å². The molecule has 0 aromatic heterocycles. The highest BCUT2D eigenvalue weighted by atomic mass is 16.7. The van der Waals surface area contributed by atoms with Gasteiger partial charge in [-0.15, -0.1) is 0 Å². The van der Waals surface area contributed by atoms with Crippen LogP contribution in [-0.2, 0) is 9.47 Å². The SMILES string of the molecule is CC(C)(C)[C@](C)(O)[C@H]1CCCCC12OCCO2. The third kappa shape index (κ3) is 2.13. The molecule has 0 aromatic carbocycles. The third-order valence-electron chi connectivity index (χ3n) is 4.77. The summed E-state index contributed by atoms with van der Waals surface area (Å²) in [6.07, 6.45) is 4.20. The Labute approximate surface area is 104 Å². The van der Waals surface area contributed by atoms with Crippen molar-refractivity contribution in [3.63, 3.8) is 0 Å². The number of hydrogen-bond acceptors (Lipinski definition) is 3. The molecule has 0 unspecified atom stereocenters. The minimum atomic E-state index is -0.766. The molecule has 1 spiro atoms. The quantitative estimate of drug-likeness (QED) is 0.768. The van der Waals surface area contributed by atoms with Crippen LogP contribution in [0.2, 0.25) is 0 Å². The van der Waals surface area contributed by atoms with Gasteiger partial charge in [0.25, 0.3) is 0 Å². The molecule has 0 bridgehead atoms. The highest BCUT2D eigenvalue weighted by Gasteiger charge is 2.56. The number of hydrogen-bond donors (Lipinski definition) is 1. The third-order valence-corrected chi connectivity index (χ3v) is 4.77. The fourth-order valence-electron chi connectivity index (χ4n) is 3.16. The highest BCUT2D eigenvalue weighted by molar-refractivity contribution is 5.01. The first kappa shape index (κ1) is 13.3. The van der Waals surface area contributed by atoms with Crippen molar-refractivity contribution in [2.24, 2.45) is 11.3 Å². The summed E-state index contributed by atoms with van der Waals surface area (Å²) in [5.74, 6) is -0.444. The van der Waals surface area contributed by atoms with E-state index in [0.29, 0.717) is 13.2 Å². The number of rotatable bonds is 1. The van der Waals surface area contributed by atoms with Gasteiger partial charge in [-0.05, 0) is 25.2 Å². The van der Waals surface area contributed by atoms with E-state index in [9.17, 15) is 5.11 Å². The van der Waals surface area contributed by atoms with Crippen molar-refractivity contribution in [2.45, 2.75) is 64.8 Å². The van der Waals surface area contributed by atoms with Crippen LogP contribution in [0.1, 0.15) is 53.4 Å². The average molecular weight is 242 g/mol. The van der Waals surface area contributed by atoms with Crippen molar-refractivity contribution in [1.82, 2.24) is 0 Å². The smallest absolute Gasteiger partial charge is 0.174 e. The predicted octanol–water partition coefficient (Wildman–Crippen LogP) is 2.72. The van der Waals surface area contributed by atoms with E-state index in [4.69, 9.17) is 9.47 Å². The van der Waals surface area contributed by atoms with E-state index in [0.717, 1.165) is 25.7 Å². The van der Waals surface area contributed by atoms with Gasteiger partial charge in [0.1, 0.15) is 0 Å². The van der Waals surface area contributed by atoms with E-state index in [-0.39, 0.29) is 11.3 Å². The fourth-order valence-corrected chi connectivity index (χ4v) is 3.16. The van der Waals surface area contributed by atoms with Gasteiger partial charge in [0, 0.05) is 12.3 Å². The Bertz CT molecular complexity index is 270. The van der Waals surface area contributed by atoms with Gasteiger partial charge >= 0.3 is 0 Å². The molecule has 100 valence electrons. The summed E-state index contributed by atoms with van der Waals surface area (Å²) < 4.78 is 11.8. The minimum absolute atomic E-state index is 0.0752. The Morgan fingerprint density at radius 1 is 1.06 bits per heavy atom. The lowest BCUT2D eigenvalue weighted by atomic mass is 9.63. The molecule has 1 N–H and O–H groups in total. The van der Waals surface area contributed by atoms with Gasteiger partial charge in [-0.1, -0.05) is 27.2 Å². The molecule has 17 heavy (non-hydrogen) atoms. The molecule has 3 heteroatoms. The molecule has 0 amide bonds. The van der Waals surface area contributed by atoms with Crippen LogP contribution in [0.4, 0.5) is 0 Å². The van der Waals surface area contributed by atoms with E-state index >= 15 is 0 Å². The van der Waals surface area contributed by atoms with Crippen LogP contribution in [0.5, 0.6) is 0 Å². The maximum Gasteiger partial charge on any atom is 0.174 e. The van der Waals surface area contributed by atoms with E-state index in [1.54, 1.807) is 0 Å². The van der Waals surface area contributed by atoms with Gasteiger partial charge in [-0.2, -0.15) is 0 Å². The van der Waals surface area contributed by atoms with Crippen molar-refractivity contribution in [2.75, 3.05) is 13.2 Å². The molecular weight excluding hydrogens is 216 g/mol. The van der Waals surface area contributed by atoms with Crippen LogP contribution in [0.3, 0.4) is 0 Å². The molecule has 3 nitrogen and oxygen atoms in total. The van der Waals surface area contributed by atoms with E-state index in [1.165, 1.54) is 0 Å². The van der Waals surface area contributed by atoms with E-state index < -0.39 is 11.4 Å². The second-order valence-corrected chi connectivity index (χ2v) is 6.70. The number of aliphatic hydroxyl groups is 1. The first-order chi connectivity index (χ1) is 7.80. The summed E-state index contributed by atoms with van der Waals surface area (Å²) >= 11 is 0. The summed E-state index contributed by atoms with van der Waals surface area (Å²) in [5.41, 5.74) is -0.935. The lowest BCUT2D eigenvalue weighted by Gasteiger charge is -2.51. The largest absolute Gasteiger partial charge is 0.389 e. The summed E-state index contributed by atoms with van der Waals surface area (Å²) in [6, 6.07) is 0. The normalized spacial score (nSPS) is 32.6. The summed E-state index contributed by atoms with van der Waals surface area (Å²) in [5, 5.41) is 10.9. The second kappa shape index (κ2) is 4.22. The molecule has 1 aliphatic carbocycles. The molecule has 1 saturated carbocycles. The maximum absolute atomic E-state index is 10.9. The molecule has 2 aliphatic rings. The predicted molar refractivity (Wildman–Crippen MR) is 66.7 cm³/mol. The molecular formula is C14H26O3. The van der Waals surface area contributed by atoms with Gasteiger partial charge in [-0.3, -0.25) is 0 Å². The van der Waals surface area contributed by atoms with Crippen LogP contribution in [0.15, 0.2) is 0 Å². The first-order valence-corrected chi connectivity index (χ1v) is 6.80. The first-order valence-electron chi connectivity index (χ1n) is 6.80. The Hall–Kier alpha value is -0.120. The molecule has 1 saturated heterocycles. The molecule has 2 atom stereocenters. The Morgan fingerprint density at radius 3 is 2.18 bits per heavy atom. The zero-order valence-corrected chi connectivity index (χ0v) is 11.6. The van der Waals surface area contributed by atoms with Gasteiger partial charge in [0.15, 0.2) is 5.79 Å². The molecule has 1 aliphatic heterocycles. The van der Waals surface area contributed by atoms with E-state index in [2.05, 4.69) is 20.8 Å². The standard InChI is InChI=1S/C14H26O3/c1-12(2,3)13(4,15)11-7-5-6-8-14(11)16-9-10-17-14/h11,15H,5-10H2,1-4H3/t11-,13-/m1/s1. The maximum atomic E-state index is 10.9. The summed E-state index contributed by atoms with van der Waals surface area (Å²) in [7, 11) is 0. The van der Waals surface area contributed by atoms with Crippen LogP contribution in [-0.4, -0.2) is 29.7 Å². The van der Waals surface area contributed by atoms with Gasteiger partial charge in [-0.25, -0.2) is 0 Å². The van der Waals surface area contributed by atoms with Crippen molar-refractivity contribution < 1.29 is 14.6 Å². The second-order valence-electron chi connectivity index (χ2n) is 6.70. The van der Waals surface area contributed by atoms with Gasteiger partial charge in [0.05, 0.1) is 18.8 Å². The minimum Gasteiger partial charge on any atom is -0.389 e. The Balaban J connectivity index is 2.28. The summed E-state index contributed by atoms with van der Waals surface area (Å²) in [4.78, 5) is 0. The fraction of sp³-hybridized carbons (Fsp3) is 1.00. The van der Waals surface area contributed by atoms with E-state index in [1.807, 2.05) is 6.92 Å². The van der Waals surface area contributed by atoms with Crippen molar-refractivity contribution in [3.8, 4) is 0 Å². The van der Waals surface area contributed by atoms with Crippen LogP contribution < -0.4 is 0 Å². The topological polar surface area (TPSA) is 38.7 Å². The van der Waals surface area contributed by atoms with Crippen LogP contribution >= 0.6 is 0 Å². The molecule has 2 fully saturated rings.